The molecule has 5 nitrogen and oxygen atoms in total. The first-order valence-electron chi connectivity index (χ1n) is 5.61. The molecule has 2 atom stereocenters. The van der Waals surface area contributed by atoms with Gasteiger partial charge in [0.15, 0.2) is 0 Å². The Balaban J connectivity index is 2.89. The van der Waals surface area contributed by atoms with Crippen molar-refractivity contribution < 1.29 is 10.2 Å². The molecule has 1 aromatic rings. The van der Waals surface area contributed by atoms with Crippen LogP contribution in [0.1, 0.15) is 29.2 Å². The Kier molecular flexibility index (Phi) is 5.44. The highest BCUT2D eigenvalue weighted by molar-refractivity contribution is 6.30. The van der Waals surface area contributed by atoms with Crippen molar-refractivity contribution in [1.29, 1.82) is 0 Å². The number of azide groups is 1. The summed E-state index contributed by atoms with van der Waals surface area (Å²) in [6.45, 7) is 3.82. The van der Waals surface area contributed by atoms with E-state index in [9.17, 15) is 10.2 Å². The summed E-state index contributed by atoms with van der Waals surface area (Å²) in [5.41, 5.74) is 10.5. The number of aryl methyl sites for hydroxylation is 2. The number of aliphatic hydroxyl groups is 2. The summed E-state index contributed by atoms with van der Waals surface area (Å²) in [5.74, 6) is 0. The van der Waals surface area contributed by atoms with Crippen LogP contribution in [0.5, 0.6) is 0 Å². The van der Waals surface area contributed by atoms with Gasteiger partial charge in [-0.2, -0.15) is 0 Å². The lowest BCUT2D eigenvalue weighted by atomic mass is 9.94. The maximum atomic E-state index is 10.1. The molecule has 0 heterocycles. The van der Waals surface area contributed by atoms with Crippen LogP contribution in [0.25, 0.3) is 10.4 Å². The van der Waals surface area contributed by atoms with E-state index in [1.165, 1.54) is 0 Å². The lowest BCUT2D eigenvalue weighted by Crippen LogP contribution is -2.20. The molecule has 1 rings (SSSR count). The second-order valence-electron chi connectivity index (χ2n) is 4.21. The Labute approximate surface area is 111 Å². The fourth-order valence-corrected chi connectivity index (χ4v) is 2.30. The molecule has 0 saturated carbocycles. The van der Waals surface area contributed by atoms with E-state index in [2.05, 4.69) is 10.0 Å². The lowest BCUT2D eigenvalue weighted by molar-refractivity contribution is 0.0143. The summed E-state index contributed by atoms with van der Waals surface area (Å²) in [4.78, 5) is 2.60. The third-order valence-corrected chi connectivity index (χ3v) is 3.03. The number of benzene rings is 1. The van der Waals surface area contributed by atoms with Crippen molar-refractivity contribution in [2.75, 3.05) is 6.54 Å². The van der Waals surface area contributed by atoms with Gasteiger partial charge in [-0.3, -0.25) is 0 Å². The highest BCUT2D eigenvalue weighted by Gasteiger charge is 2.21. The molecule has 2 N–H and O–H groups in total. The van der Waals surface area contributed by atoms with E-state index in [4.69, 9.17) is 17.1 Å². The van der Waals surface area contributed by atoms with Crippen molar-refractivity contribution in [1.82, 2.24) is 0 Å². The van der Waals surface area contributed by atoms with Crippen molar-refractivity contribution in [2.45, 2.75) is 32.5 Å². The molecule has 0 saturated heterocycles. The van der Waals surface area contributed by atoms with Crippen molar-refractivity contribution >= 4 is 11.6 Å². The first-order valence-corrected chi connectivity index (χ1v) is 5.98. The minimum Gasteiger partial charge on any atom is -0.390 e. The number of aliphatic hydroxyl groups excluding tert-OH is 2. The molecule has 18 heavy (non-hydrogen) atoms. The molecule has 0 fully saturated rings. The van der Waals surface area contributed by atoms with Crippen LogP contribution in [0.4, 0.5) is 0 Å². The van der Waals surface area contributed by atoms with Crippen LogP contribution in [-0.4, -0.2) is 22.9 Å². The molecule has 0 aromatic heterocycles. The van der Waals surface area contributed by atoms with Gasteiger partial charge in [-0.1, -0.05) is 16.7 Å². The third-order valence-electron chi connectivity index (χ3n) is 2.81. The maximum Gasteiger partial charge on any atom is 0.105 e. The van der Waals surface area contributed by atoms with Gasteiger partial charge in [0.25, 0.3) is 0 Å². The SMILES string of the molecule is Cc1cc(Cl)cc(C)c1C(O)C(O)CCN=[N+]=[N-]. The molecule has 0 aliphatic carbocycles. The summed E-state index contributed by atoms with van der Waals surface area (Å²) >= 11 is 5.91. The zero-order chi connectivity index (χ0) is 13.7. The third kappa shape index (κ3) is 3.62. The van der Waals surface area contributed by atoms with Crippen molar-refractivity contribution in [3.05, 3.63) is 44.3 Å². The summed E-state index contributed by atoms with van der Waals surface area (Å²) in [6, 6.07) is 3.49. The molecule has 0 aliphatic rings. The standard InChI is InChI=1S/C12H16ClN3O2/c1-7-5-9(13)6-8(2)11(7)12(18)10(17)3-4-15-16-14/h5-6,10,12,17-18H,3-4H2,1-2H3. The Hall–Kier alpha value is -1.26. The summed E-state index contributed by atoms with van der Waals surface area (Å²) in [6.07, 6.45) is -1.75. The number of hydrogen-bond acceptors (Lipinski definition) is 3. The van der Waals surface area contributed by atoms with Gasteiger partial charge in [-0.25, -0.2) is 0 Å². The minimum absolute atomic E-state index is 0.153. The maximum absolute atomic E-state index is 10.1. The number of halogens is 1. The predicted octanol–water partition coefficient (Wildman–Crippen LogP) is 3.05. The van der Waals surface area contributed by atoms with Crippen LogP contribution < -0.4 is 0 Å². The van der Waals surface area contributed by atoms with Crippen LogP contribution in [0, 0.1) is 13.8 Å². The average Bonchev–Trinajstić information content (AvgIpc) is 2.27. The first-order chi connectivity index (χ1) is 8.47. The molecule has 0 aliphatic heterocycles. The molecular formula is C12H16ClN3O2. The number of nitrogens with zero attached hydrogens (tertiary/aromatic N) is 3. The smallest absolute Gasteiger partial charge is 0.105 e. The van der Waals surface area contributed by atoms with E-state index in [1.807, 2.05) is 13.8 Å². The van der Waals surface area contributed by atoms with E-state index >= 15 is 0 Å². The molecular weight excluding hydrogens is 254 g/mol. The second kappa shape index (κ2) is 6.61. The highest BCUT2D eigenvalue weighted by atomic mass is 35.5. The Morgan fingerprint density at radius 1 is 1.33 bits per heavy atom. The van der Waals surface area contributed by atoms with Gasteiger partial charge in [0.05, 0.1) is 6.10 Å². The monoisotopic (exact) mass is 269 g/mol. The van der Waals surface area contributed by atoms with E-state index in [0.717, 1.165) is 11.1 Å². The van der Waals surface area contributed by atoms with Crippen LogP contribution in [0.3, 0.4) is 0 Å². The van der Waals surface area contributed by atoms with Gasteiger partial charge >= 0.3 is 0 Å². The lowest BCUT2D eigenvalue weighted by Gasteiger charge is -2.21. The molecule has 98 valence electrons. The van der Waals surface area contributed by atoms with Gasteiger partial charge in [0.2, 0.25) is 0 Å². The fourth-order valence-electron chi connectivity index (χ4n) is 1.97. The van der Waals surface area contributed by atoms with E-state index in [1.54, 1.807) is 12.1 Å². The predicted molar refractivity (Wildman–Crippen MR) is 70.5 cm³/mol. The normalized spacial score (nSPS) is 13.8. The van der Waals surface area contributed by atoms with Gasteiger partial charge in [0, 0.05) is 16.5 Å². The molecule has 0 radical (unpaired) electrons. The summed E-state index contributed by atoms with van der Waals surface area (Å²) < 4.78 is 0. The van der Waals surface area contributed by atoms with Gasteiger partial charge in [0.1, 0.15) is 6.10 Å². The molecule has 0 spiro atoms. The Morgan fingerprint density at radius 3 is 2.39 bits per heavy atom. The topological polar surface area (TPSA) is 89.2 Å². The zero-order valence-electron chi connectivity index (χ0n) is 10.3. The fraction of sp³-hybridized carbons (Fsp3) is 0.500. The van der Waals surface area contributed by atoms with Crippen LogP contribution in [-0.2, 0) is 0 Å². The van der Waals surface area contributed by atoms with Crippen molar-refractivity contribution in [3.63, 3.8) is 0 Å². The van der Waals surface area contributed by atoms with Gasteiger partial charge in [-0.15, -0.1) is 0 Å². The quantitative estimate of drug-likeness (QED) is 0.489. The molecule has 0 bridgehead atoms. The molecule has 1 aromatic carbocycles. The summed E-state index contributed by atoms with van der Waals surface area (Å²) in [5, 5.41) is 23.9. The van der Waals surface area contributed by atoms with Crippen molar-refractivity contribution in [3.8, 4) is 0 Å². The van der Waals surface area contributed by atoms with Gasteiger partial charge in [-0.05, 0) is 54.6 Å². The van der Waals surface area contributed by atoms with Crippen LogP contribution in [0.2, 0.25) is 5.02 Å². The highest BCUT2D eigenvalue weighted by Crippen LogP contribution is 2.28. The first kappa shape index (κ1) is 14.8. The van der Waals surface area contributed by atoms with Crippen molar-refractivity contribution in [2.24, 2.45) is 5.11 Å². The largest absolute Gasteiger partial charge is 0.390 e. The second-order valence-corrected chi connectivity index (χ2v) is 4.65. The Morgan fingerprint density at radius 2 is 1.89 bits per heavy atom. The van der Waals surface area contributed by atoms with E-state index in [-0.39, 0.29) is 13.0 Å². The van der Waals surface area contributed by atoms with Crippen LogP contribution in [0.15, 0.2) is 17.2 Å². The molecule has 6 heteroatoms. The minimum atomic E-state index is -1.00. The van der Waals surface area contributed by atoms with E-state index < -0.39 is 12.2 Å². The molecule has 2 unspecified atom stereocenters. The van der Waals surface area contributed by atoms with Crippen LogP contribution >= 0.6 is 11.6 Å². The number of rotatable bonds is 5. The zero-order valence-corrected chi connectivity index (χ0v) is 11.1. The Bertz CT molecular complexity index is 449. The average molecular weight is 270 g/mol. The molecule has 0 amide bonds. The van der Waals surface area contributed by atoms with E-state index in [0.29, 0.717) is 10.6 Å². The number of hydrogen-bond donors (Lipinski definition) is 2. The van der Waals surface area contributed by atoms with Gasteiger partial charge < -0.3 is 10.2 Å². The summed E-state index contributed by atoms with van der Waals surface area (Å²) in [7, 11) is 0.